The molecule has 0 saturated carbocycles. The lowest BCUT2D eigenvalue weighted by molar-refractivity contribution is -0.118. The molecule has 0 aliphatic rings. The smallest absolute Gasteiger partial charge is 0.173 e. The lowest BCUT2D eigenvalue weighted by atomic mass is 10.0. The van der Waals surface area contributed by atoms with Crippen molar-refractivity contribution in [2.24, 2.45) is 0 Å². The van der Waals surface area contributed by atoms with Crippen LogP contribution >= 0.6 is 23.2 Å². The fraction of sp³-hybridized carbons (Fsp3) is 0.333. The first-order valence-electron chi connectivity index (χ1n) is 5.15. The number of hydrogen-bond acceptors (Lipinski definition) is 2. The van der Waals surface area contributed by atoms with Gasteiger partial charge in [-0.2, -0.15) is 0 Å². The van der Waals surface area contributed by atoms with E-state index in [-0.39, 0.29) is 27.8 Å². The second kappa shape index (κ2) is 6.12. The fourth-order valence-electron chi connectivity index (χ4n) is 1.42. The van der Waals surface area contributed by atoms with Crippen LogP contribution in [0.1, 0.15) is 36.5 Å². The molecule has 92 valence electrons. The van der Waals surface area contributed by atoms with Gasteiger partial charge < -0.3 is 0 Å². The van der Waals surface area contributed by atoms with Gasteiger partial charge in [-0.05, 0) is 18.6 Å². The van der Waals surface area contributed by atoms with Gasteiger partial charge in [0, 0.05) is 6.42 Å². The van der Waals surface area contributed by atoms with E-state index in [0.717, 1.165) is 6.07 Å². The summed E-state index contributed by atoms with van der Waals surface area (Å²) in [6.45, 7) is 1.84. The molecule has 0 bridgehead atoms. The second-order valence-corrected chi connectivity index (χ2v) is 4.39. The van der Waals surface area contributed by atoms with Crippen molar-refractivity contribution in [3.63, 3.8) is 0 Å². The molecule has 5 heteroatoms. The van der Waals surface area contributed by atoms with Crippen LogP contribution in [0.4, 0.5) is 4.39 Å². The highest BCUT2D eigenvalue weighted by atomic mass is 35.5. The molecule has 2 nitrogen and oxygen atoms in total. The van der Waals surface area contributed by atoms with E-state index in [0.29, 0.717) is 12.8 Å². The molecule has 0 amide bonds. The third-order valence-corrected chi connectivity index (χ3v) is 2.89. The van der Waals surface area contributed by atoms with E-state index in [1.807, 2.05) is 6.92 Å². The first-order valence-corrected chi connectivity index (χ1v) is 5.91. The van der Waals surface area contributed by atoms with Crippen molar-refractivity contribution in [2.45, 2.75) is 26.2 Å². The van der Waals surface area contributed by atoms with Crippen molar-refractivity contribution >= 4 is 34.8 Å². The highest BCUT2D eigenvalue weighted by Crippen LogP contribution is 2.28. The van der Waals surface area contributed by atoms with E-state index in [9.17, 15) is 14.0 Å². The van der Waals surface area contributed by atoms with Crippen molar-refractivity contribution in [3.8, 4) is 0 Å². The topological polar surface area (TPSA) is 34.1 Å². The minimum absolute atomic E-state index is 0.0608. The molecular weight excluding hydrogens is 266 g/mol. The summed E-state index contributed by atoms with van der Waals surface area (Å²) < 4.78 is 13.2. The number of benzene rings is 1. The average molecular weight is 277 g/mol. The molecule has 1 rings (SSSR count). The Balaban J connectivity index is 2.97. The highest BCUT2D eigenvalue weighted by Gasteiger charge is 2.19. The fourth-order valence-corrected chi connectivity index (χ4v) is 2.00. The SMILES string of the molecule is CCCC(=O)CC(=O)c1c(Cl)ccc(F)c1Cl. The zero-order valence-corrected chi connectivity index (χ0v) is 10.7. The minimum atomic E-state index is -0.720. The molecule has 0 aromatic heterocycles. The third-order valence-electron chi connectivity index (χ3n) is 2.21. The van der Waals surface area contributed by atoms with Crippen molar-refractivity contribution in [3.05, 3.63) is 33.6 Å². The van der Waals surface area contributed by atoms with Gasteiger partial charge in [-0.25, -0.2) is 4.39 Å². The minimum Gasteiger partial charge on any atom is -0.299 e. The first-order chi connectivity index (χ1) is 7.97. The average Bonchev–Trinajstić information content (AvgIpc) is 2.24. The predicted molar refractivity (Wildman–Crippen MR) is 65.3 cm³/mol. The van der Waals surface area contributed by atoms with E-state index in [4.69, 9.17) is 23.2 Å². The van der Waals surface area contributed by atoms with Gasteiger partial charge >= 0.3 is 0 Å². The van der Waals surface area contributed by atoms with Crippen LogP contribution in [0, 0.1) is 5.82 Å². The Morgan fingerprint density at radius 1 is 1.29 bits per heavy atom. The molecule has 0 aliphatic heterocycles. The Labute approximate surface area is 109 Å². The number of hydrogen-bond donors (Lipinski definition) is 0. The molecule has 1 aromatic rings. The summed E-state index contributed by atoms with van der Waals surface area (Å²) >= 11 is 11.4. The van der Waals surface area contributed by atoms with E-state index in [1.165, 1.54) is 6.07 Å². The maximum atomic E-state index is 13.2. The van der Waals surface area contributed by atoms with E-state index in [2.05, 4.69) is 0 Å². The number of ketones is 2. The van der Waals surface area contributed by atoms with E-state index in [1.54, 1.807) is 0 Å². The summed E-state index contributed by atoms with van der Waals surface area (Å²) in [6, 6.07) is 2.33. The molecule has 0 heterocycles. The van der Waals surface area contributed by atoms with Crippen molar-refractivity contribution in [1.82, 2.24) is 0 Å². The van der Waals surface area contributed by atoms with E-state index >= 15 is 0 Å². The van der Waals surface area contributed by atoms with Crippen LogP contribution in [-0.2, 0) is 4.79 Å². The molecule has 0 saturated heterocycles. The number of Topliss-reactive ketones (excluding diaryl/α,β-unsaturated/α-hetero) is 2. The van der Waals surface area contributed by atoms with Crippen molar-refractivity contribution in [2.75, 3.05) is 0 Å². The van der Waals surface area contributed by atoms with Crippen LogP contribution in [0.3, 0.4) is 0 Å². The van der Waals surface area contributed by atoms with Gasteiger partial charge in [0.15, 0.2) is 5.78 Å². The summed E-state index contributed by atoms with van der Waals surface area (Å²) in [7, 11) is 0. The van der Waals surface area contributed by atoms with Gasteiger partial charge in [0.25, 0.3) is 0 Å². The number of carbonyl (C=O) groups is 2. The summed E-state index contributed by atoms with van der Waals surface area (Å²) in [5, 5.41) is -0.266. The first kappa shape index (κ1) is 14.1. The van der Waals surface area contributed by atoms with Gasteiger partial charge in [-0.3, -0.25) is 9.59 Å². The maximum Gasteiger partial charge on any atom is 0.173 e. The number of carbonyl (C=O) groups excluding carboxylic acids is 2. The lowest BCUT2D eigenvalue weighted by Crippen LogP contribution is -2.09. The molecule has 17 heavy (non-hydrogen) atoms. The number of halogens is 3. The standard InChI is InChI=1S/C12H11Cl2FO2/c1-2-3-7(16)6-10(17)11-8(13)4-5-9(15)12(11)14/h4-5H,2-3,6H2,1H3. The van der Waals surface area contributed by atoms with Crippen LogP contribution < -0.4 is 0 Å². The largest absolute Gasteiger partial charge is 0.299 e. The zero-order valence-electron chi connectivity index (χ0n) is 9.23. The van der Waals surface area contributed by atoms with Crippen LogP contribution in [0.15, 0.2) is 12.1 Å². The summed E-state index contributed by atoms with van der Waals surface area (Å²) in [6.07, 6.45) is 0.684. The maximum absolute atomic E-state index is 13.2. The van der Waals surface area contributed by atoms with Gasteiger partial charge in [0.2, 0.25) is 0 Å². The molecular formula is C12H11Cl2FO2. The van der Waals surface area contributed by atoms with Gasteiger partial charge in [-0.15, -0.1) is 0 Å². The lowest BCUT2D eigenvalue weighted by Gasteiger charge is -2.06. The van der Waals surface area contributed by atoms with Gasteiger partial charge in [-0.1, -0.05) is 30.1 Å². The quantitative estimate of drug-likeness (QED) is 0.461. The Morgan fingerprint density at radius 3 is 2.53 bits per heavy atom. The molecule has 0 unspecified atom stereocenters. The van der Waals surface area contributed by atoms with Crippen LogP contribution in [0.5, 0.6) is 0 Å². The van der Waals surface area contributed by atoms with Gasteiger partial charge in [0.05, 0.1) is 22.0 Å². The molecule has 0 fully saturated rings. The van der Waals surface area contributed by atoms with Crippen molar-refractivity contribution in [1.29, 1.82) is 0 Å². The zero-order chi connectivity index (χ0) is 13.0. The second-order valence-electron chi connectivity index (χ2n) is 3.61. The molecule has 0 atom stereocenters. The van der Waals surface area contributed by atoms with Crippen LogP contribution in [-0.4, -0.2) is 11.6 Å². The molecule has 0 radical (unpaired) electrons. The Kier molecular flexibility index (Phi) is 5.09. The molecule has 0 aliphatic carbocycles. The summed E-state index contributed by atoms with van der Waals surface area (Å²) in [4.78, 5) is 23.1. The molecule has 0 N–H and O–H groups in total. The molecule has 1 aromatic carbocycles. The normalized spacial score (nSPS) is 10.4. The number of rotatable bonds is 5. The Hall–Kier alpha value is -0.930. The summed E-state index contributed by atoms with van der Waals surface area (Å²) in [5.74, 6) is -1.46. The Bertz CT molecular complexity index is 458. The monoisotopic (exact) mass is 276 g/mol. The predicted octanol–water partition coefficient (Wildman–Crippen LogP) is 4.07. The Morgan fingerprint density at radius 2 is 1.94 bits per heavy atom. The third kappa shape index (κ3) is 3.51. The van der Waals surface area contributed by atoms with Gasteiger partial charge in [0.1, 0.15) is 11.6 Å². The van der Waals surface area contributed by atoms with Crippen LogP contribution in [0.2, 0.25) is 10.0 Å². The van der Waals surface area contributed by atoms with Crippen LogP contribution in [0.25, 0.3) is 0 Å². The summed E-state index contributed by atoms with van der Waals surface area (Å²) in [5.41, 5.74) is -0.113. The van der Waals surface area contributed by atoms with E-state index < -0.39 is 11.6 Å². The van der Waals surface area contributed by atoms with Crippen molar-refractivity contribution < 1.29 is 14.0 Å². The highest BCUT2D eigenvalue weighted by molar-refractivity contribution is 6.40. The molecule has 0 spiro atoms.